The van der Waals surface area contributed by atoms with Gasteiger partial charge in [-0.1, -0.05) is 31.0 Å². The van der Waals surface area contributed by atoms with Crippen LogP contribution in [-0.4, -0.2) is 21.7 Å². The largest absolute Gasteiger partial charge is 0.348 e. The van der Waals surface area contributed by atoms with E-state index in [-0.39, 0.29) is 5.91 Å². The van der Waals surface area contributed by atoms with Crippen LogP contribution in [0.25, 0.3) is 5.69 Å². The lowest BCUT2D eigenvalue weighted by molar-refractivity contribution is 0.0930. The fraction of sp³-hybridized carbons (Fsp3) is 0.444. The molecular formula is C18H21N3O. The van der Waals surface area contributed by atoms with E-state index >= 15 is 0 Å². The first-order chi connectivity index (χ1) is 10.8. The Morgan fingerprint density at radius 3 is 2.50 bits per heavy atom. The molecule has 0 radical (unpaired) electrons. The van der Waals surface area contributed by atoms with E-state index in [9.17, 15) is 4.79 Å². The minimum absolute atomic E-state index is 0.00940. The first kappa shape index (κ1) is 13.6. The maximum Gasteiger partial charge on any atom is 0.270 e. The number of amides is 1. The highest BCUT2D eigenvalue weighted by Gasteiger charge is 2.29. The fourth-order valence-electron chi connectivity index (χ4n) is 3.24. The molecule has 0 saturated heterocycles. The topological polar surface area (TPSA) is 46.9 Å². The molecular weight excluding hydrogens is 274 g/mol. The number of hydrogen-bond acceptors (Lipinski definition) is 2. The molecule has 2 saturated carbocycles. The summed E-state index contributed by atoms with van der Waals surface area (Å²) in [6, 6.07) is 12.2. The molecule has 0 aliphatic heterocycles. The fourth-order valence-corrected chi connectivity index (χ4v) is 3.24. The third-order valence-electron chi connectivity index (χ3n) is 4.65. The second kappa shape index (κ2) is 5.59. The molecule has 2 aliphatic carbocycles. The lowest BCUT2D eigenvalue weighted by Gasteiger charge is -2.12. The normalized spacial score (nSPS) is 18.5. The summed E-state index contributed by atoms with van der Waals surface area (Å²) in [5, 5.41) is 7.87. The Balaban J connectivity index is 1.65. The molecule has 114 valence electrons. The monoisotopic (exact) mass is 295 g/mol. The summed E-state index contributed by atoms with van der Waals surface area (Å²) >= 11 is 0. The third-order valence-corrected chi connectivity index (χ3v) is 4.65. The lowest BCUT2D eigenvalue weighted by atomic mass is 10.2. The molecule has 2 fully saturated rings. The van der Waals surface area contributed by atoms with Crippen LogP contribution in [0.3, 0.4) is 0 Å². The SMILES string of the molecule is O=C(NC1CCCC1)c1cc(C2CC2)nn1-c1ccccc1. The van der Waals surface area contributed by atoms with Crippen LogP contribution in [0.4, 0.5) is 0 Å². The molecule has 4 rings (SSSR count). The summed E-state index contributed by atoms with van der Waals surface area (Å²) in [7, 11) is 0. The number of carbonyl (C=O) groups excluding carboxylic acids is 1. The first-order valence-corrected chi connectivity index (χ1v) is 8.27. The van der Waals surface area contributed by atoms with E-state index < -0.39 is 0 Å². The Morgan fingerprint density at radius 1 is 1.09 bits per heavy atom. The maximum absolute atomic E-state index is 12.7. The Kier molecular flexibility index (Phi) is 3.45. The molecule has 1 N–H and O–H groups in total. The molecule has 0 atom stereocenters. The van der Waals surface area contributed by atoms with E-state index in [2.05, 4.69) is 5.32 Å². The van der Waals surface area contributed by atoms with Crippen LogP contribution >= 0.6 is 0 Å². The molecule has 1 aromatic carbocycles. The summed E-state index contributed by atoms with van der Waals surface area (Å²) in [5.74, 6) is 0.554. The van der Waals surface area contributed by atoms with Crippen molar-refractivity contribution >= 4 is 5.91 Å². The van der Waals surface area contributed by atoms with Gasteiger partial charge in [0.2, 0.25) is 0 Å². The Labute approximate surface area is 130 Å². The van der Waals surface area contributed by atoms with Crippen molar-refractivity contribution < 1.29 is 4.79 Å². The molecule has 1 amide bonds. The van der Waals surface area contributed by atoms with Gasteiger partial charge in [-0.05, 0) is 43.9 Å². The maximum atomic E-state index is 12.7. The molecule has 4 nitrogen and oxygen atoms in total. The number of nitrogens with zero attached hydrogens (tertiary/aromatic N) is 2. The van der Waals surface area contributed by atoms with Crippen molar-refractivity contribution in [1.29, 1.82) is 0 Å². The predicted octanol–water partition coefficient (Wildman–Crippen LogP) is 3.42. The van der Waals surface area contributed by atoms with E-state index in [1.807, 2.05) is 36.4 Å². The van der Waals surface area contributed by atoms with Crippen LogP contribution in [0, 0.1) is 0 Å². The molecule has 1 heterocycles. The smallest absolute Gasteiger partial charge is 0.270 e. The van der Waals surface area contributed by atoms with Crippen molar-refractivity contribution in [3.8, 4) is 5.69 Å². The van der Waals surface area contributed by atoms with Crippen molar-refractivity contribution in [2.45, 2.75) is 50.5 Å². The van der Waals surface area contributed by atoms with Gasteiger partial charge in [-0.25, -0.2) is 4.68 Å². The van der Waals surface area contributed by atoms with Crippen LogP contribution < -0.4 is 5.32 Å². The number of para-hydroxylation sites is 1. The van der Waals surface area contributed by atoms with Gasteiger partial charge in [-0.3, -0.25) is 4.79 Å². The van der Waals surface area contributed by atoms with Crippen LogP contribution in [0.5, 0.6) is 0 Å². The van der Waals surface area contributed by atoms with E-state index in [1.165, 1.54) is 25.7 Å². The standard InChI is InChI=1S/C18H21N3O/c22-18(19-14-6-4-5-7-14)17-12-16(13-10-11-13)20-21(17)15-8-2-1-3-9-15/h1-3,8-9,12-14H,4-7,10-11H2,(H,19,22). The van der Waals surface area contributed by atoms with Gasteiger partial charge < -0.3 is 5.32 Å². The summed E-state index contributed by atoms with van der Waals surface area (Å²) in [6.45, 7) is 0. The van der Waals surface area contributed by atoms with Gasteiger partial charge in [0.25, 0.3) is 5.91 Å². The Hall–Kier alpha value is -2.10. The first-order valence-electron chi connectivity index (χ1n) is 8.27. The van der Waals surface area contributed by atoms with Gasteiger partial charge in [0.15, 0.2) is 0 Å². The Bertz CT molecular complexity index is 667. The van der Waals surface area contributed by atoms with Crippen molar-refractivity contribution in [3.63, 3.8) is 0 Å². The number of rotatable bonds is 4. The number of benzene rings is 1. The van der Waals surface area contributed by atoms with Crippen LogP contribution in [0.1, 0.15) is 60.6 Å². The van der Waals surface area contributed by atoms with Gasteiger partial charge in [-0.2, -0.15) is 5.10 Å². The van der Waals surface area contributed by atoms with Crippen molar-refractivity contribution in [2.75, 3.05) is 0 Å². The molecule has 1 aromatic heterocycles. The highest BCUT2D eigenvalue weighted by molar-refractivity contribution is 5.93. The zero-order chi connectivity index (χ0) is 14.9. The summed E-state index contributed by atoms with van der Waals surface area (Å²) < 4.78 is 1.80. The van der Waals surface area contributed by atoms with Gasteiger partial charge in [0.05, 0.1) is 11.4 Å². The van der Waals surface area contributed by atoms with Gasteiger partial charge in [0.1, 0.15) is 5.69 Å². The van der Waals surface area contributed by atoms with E-state index in [0.29, 0.717) is 17.7 Å². The number of carbonyl (C=O) groups is 1. The minimum Gasteiger partial charge on any atom is -0.348 e. The van der Waals surface area contributed by atoms with Crippen molar-refractivity contribution in [1.82, 2.24) is 15.1 Å². The molecule has 0 bridgehead atoms. The lowest BCUT2D eigenvalue weighted by Crippen LogP contribution is -2.33. The average molecular weight is 295 g/mol. The summed E-state index contributed by atoms with van der Waals surface area (Å²) in [6.07, 6.45) is 7.01. The van der Waals surface area contributed by atoms with Crippen LogP contribution in [-0.2, 0) is 0 Å². The summed E-state index contributed by atoms with van der Waals surface area (Å²) in [4.78, 5) is 12.7. The highest BCUT2D eigenvalue weighted by Crippen LogP contribution is 2.39. The summed E-state index contributed by atoms with van der Waals surface area (Å²) in [5.41, 5.74) is 2.67. The third kappa shape index (κ3) is 2.65. The van der Waals surface area contributed by atoms with Gasteiger partial charge >= 0.3 is 0 Å². The predicted molar refractivity (Wildman–Crippen MR) is 85.3 cm³/mol. The number of nitrogens with one attached hydrogen (secondary N) is 1. The average Bonchev–Trinajstić information content (AvgIpc) is 3.10. The van der Waals surface area contributed by atoms with E-state index in [0.717, 1.165) is 24.2 Å². The zero-order valence-electron chi connectivity index (χ0n) is 12.7. The second-order valence-corrected chi connectivity index (χ2v) is 6.43. The van der Waals surface area contributed by atoms with E-state index in [1.54, 1.807) is 4.68 Å². The zero-order valence-corrected chi connectivity index (χ0v) is 12.7. The van der Waals surface area contributed by atoms with Gasteiger partial charge in [0, 0.05) is 12.0 Å². The second-order valence-electron chi connectivity index (χ2n) is 6.43. The molecule has 2 aliphatic rings. The quantitative estimate of drug-likeness (QED) is 0.939. The van der Waals surface area contributed by atoms with Gasteiger partial charge in [-0.15, -0.1) is 0 Å². The Morgan fingerprint density at radius 2 is 1.82 bits per heavy atom. The highest BCUT2D eigenvalue weighted by atomic mass is 16.2. The van der Waals surface area contributed by atoms with E-state index in [4.69, 9.17) is 5.10 Å². The number of hydrogen-bond donors (Lipinski definition) is 1. The number of aromatic nitrogens is 2. The van der Waals surface area contributed by atoms with Crippen LogP contribution in [0.15, 0.2) is 36.4 Å². The minimum atomic E-state index is 0.00940. The molecule has 0 spiro atoms. The molecule has 2 aromatic rings. The van der Waals surface area contributed by atoms with Crippen molar-refractivity contribution in [2.24, 2.45) is 0 Å². The molecule has 0 unspecified atom stereocenters. The molecule has 4 heteroatoms. The van der Waals surface area contributed by atoms with Crippen molar-refractivity contribution in [3.05, 3.63) is 47.8 Å². The molecule has 22 heavy (non-hydrogen) atoms. The van der Waals surface area contributed by atoms with Crippen LogP contribution in [0.2, 0.25) is 0 Å².